The molecule has 0 spiro atoms. The standard InChI is InChI=1S/C57H105NO11/c1-5-9-13-17-21-29-38-50(36-27-15-11-7-3)67-54(60)40-31-23-19-25-33-47-64-53(59)43-42-52(69-57(63)66-49-46-58-44-35-45-58)56(62)65-48-34-26-20-24-32-41-55(61)68-51(37-28-16-12-8-4)39-30-22-18-14-10-6-2/h50-52H,5-49H2,1-4H3. The highest BCUT2D eigenvalue weighted by Crippen LogP contribution is 2.20. The first-order valence-electron chi connectivity index (χ1n) is 29.0. The van der Waals surface area contributed by atoms with Gasteiger partial charge in [0.2, 0.25) is 6.10 Å². The van der Waals surface area contributed by atoms with Crippen LogP contribution in [0.2, 0.25) is 0 Å². The topological polar surface area (TPSA) is 144 Å². The zero-order valence-corrected chi connectivity index (χ0v) is 45.0. The van der Waals surface area contributed by atoms with Gasteiger partial charge in [-0.15, -0.1) is 0 Å². The lowest BCUT2D eigenvalue weighted by Gasteiger charge is -2.30. The van der Waals surface area contributed by atoms with Crippen LogP contribution >= 0.6 is 0 Å². The number of rotatable bonds is 50. The van der Waals surface area contributed by atoms with Gasteiger partial charge < -0.3 is 28.4 Å². The lowest BCUT2D eigenvalue weighted by molar-refractivity contribution is -0.157. The molecule has 12 heteroatoms. The van der Waals surface area contributed by atoms with Crippen molar-refractivity contribution < 1.29 is 52.4 Å². The van der Waals surface area contributed by atoms with Crippen LogP contribution in [0.1, 0.15) is 278 Å². The van der Waals surface area contributed by atoms with Crippen LogP contribution in [0.4, 0.5) is 4.79 Å². The largest absolute Gasteiger partial charge is 0.509 e. The summed E-state index contributed by atoms with van der Waals surface area (Å²) in [7, 11) is 0. The van der Waals surface area contributed by atoms with Crippen LogP contribution in [-0.4, -0.2) is 92.7 Å². The highest BCUT2D eigenvalue weighted by atomic mass is 16.7. The predicted molar refractivity (Wildman–Crippen MR) is 277 cm³/mol. The molecule has 0 aromatic rings. The normalized spacial score (nSPS) is 13.8. The highest BCUT2D eigenvalue weighted by Gasteiger charge is 2.27. The molecule has 1 heterocycles. The fourth-order valence-corrected chi connectivity index (χ4v) is 8.73. The van der Waals surface area contributed by atoms with E-state index >= 15 is 0 Å². The molecule has 0 bridgehead atoms. The molecule has 3 unspecified atom stereocenters. The van der Waals surface area contributed by atoms with E-state index in [1.165, 1.54) is 103 Å². The maximum absolute atomic E-state index is 13.1. The summed E-state index contributed by atoms with van der Waals surface area (Å²) in [6.45, 7) is 12.0. The first kappa shape index (κ1) is 64.1. The van der Waals surface area contributed by atoms with Gasteiger partial charge in [0.05, 0.1) is 13.2 Å². The molecular formula is C57H105NO11. The summed E-state index contributed by atoms with van der Waals surface area (Å²) >= 11 is 0. The first-order chi connectivity index (χ1) is 33.7. The molecule has 0 N–H and O–H groups in total. The number of hydrogen-bond donors (Lipinski definition) is 0. The Bertz CT molecular complexity index is 1240. The Kier molecular flexibility index (Phi) is 44.1. The minimum Gasteiger partial charge on any atom is -0.466 e. The third-order valence-corrected chi connectivity index (χ3v) is 13.4. The van der Waals surface area contributed by atoms with Crippen LogP contribution in [0.3, 0.4) is 0 Å². The Morgan fingerprint density at radius 1 is 0.377 bits per heavy atom. The summed E-state index contributed by atoms with van der Waals surface area (Å²) in [4.78, 5) is 65.8. The molecule has 0 aliphatic carbocycles. The number of likely N-dealkylation sites (tertiary alicyclic amines) is 1. The second-order valence-corrected chi connectivity index (χ2v) is 19.9. The minimum absolute atomic E-state index is 0.0282. The van der Waals surface area contributed by atoms with Crippen molar-refractivity contribution in [3.8, 4) is 0 Å². The smallest absolute Gasteiger partial charge is 0.466 e. The quantitative estimate of drug-likeness (QED) is 0.0325. The zero-order chi connectivity index (χ0) is 50.3. The second kappa shape index (κ2) is 47.4. The SMILES string of the molecule is CCCCCCCCC(CCCCCC)OC(=O)CCCCCCCOC(=O)CCC(OC(=O)OCCN1CCC1)C(=O)OCCCCCCCC(=O)OC(CCCCCC)CCCCCCCC. The third kappa shape index (κ3) is 40.4. The summed E-state index contributed by atoms with van der Waals surface area (Å²) in [6, 6.07) is 0. The average molecular weight is 980 g/mol. The third-order valence-electron chi connectivity index (χ3n) is 13.4. The van der Waals surface area contributed by atoms with E-state index in [1.807, 2.05) is 0 Å². The summed E-state index contributed by atoms with van der Waals surface area (Å²) in [6.07, 6.45) is 35.9. The molecule has 0 amide bonds. The molecule has 1 aliphatic heterocycles. The van der Waals surface area contributed by atoms with Gasteiger partial charge in [-0.25, -0.2) is 9.59 Å². The average Bonchev–Trinajstić information content (AvgIpc) is 3.32. The maximum Gasteiger partial charge on any atom is 0.509 e. The van der Waals surface area contributed by atoms with Crippen molar-refractivity contribution in [1.29, 1.82) is 0 Å². The molecule has 1 fully saturated rings. The molecule has 3 atom stereocenters. The maximum atomic E-state index is 13.1. The molecule has 0 saturated carbocycles. The summed E-state index contributed by atoms with van der Waals surface area (Å²) < 4.78 is 33.4. The molecule has 69 heavy (non-hydrogen) atoms. The number of carbonyl (C=O) groups excluding carboxylic acids is 5. The molecule has 1 rings (SSSR count). The highest BCUT2D eigenvalue weighted by molar-refractivity contribution is 5.78. The predicted octanol–water partition coefficient (Wildman–Crippen LogP) is 15.0. The first-order valence-corrected chi connectivity index (χ1v) is 29.0. The van der Waals surface area contributed by atoms with Gasteiger partial charge in [0.15, 0.2) is 0 Å². The van der Waals surface area contributed by atoms with Crippen molar-refractivity contribution in [2.24, 2.45) is 0 Å². The van der Waals surface area contributed by atoms with Crippen molar-refractivity contribution in [3.05, 3.63) is 0 Å². The fourth-order valence-electron chi connectivity index (χ4n) is 8.73. The van der Waals surface area contributed by atoms with Crippen molar-refractivity contribution in [3.63, 3.8) is 0 Å². The van der Waals surface area contributed by atoms with Gasteiger partial charge in [0.25, 0.3) is 0 Å². The van der Waals surface area contributed by atoms with Crippen LogP contribution in [-0.2, 0) is 47.6 Å². The molecule has 1 aliphatic rings. The molecule has 1 saturated heterocycles. The van der Waals surface area contributed by atoms with E-state index in [9.17, 15) is 24.0 Å². The zero-order valence-electron chi connectivity index (χ0n) is 45.0. The van der Waals surface area contributed by atoms with Gasteiger partial charge in [-0.1, -0.05) is 169 Å². The van der Waals surface area contributed by atoms with Crippen molar-refractivity contribution in [1.82, 2.24) is 4.90 Å². The summed E-state index contributed by atoms with van der Waals surface area (Å²) in [5.74, 6) is -1.36. The molecule has 0 aromatic heterocycles. The summed E-state index contributed by atoms with van der Waals surface area (Å²) in [5.41, 5.74) is 0. The fraction of sp³-hybridized carbons (Fsp3) is 0.912. The van der Waals surface area contributed by atoms with Gasteiger partial charge in [-0.2, -0.15) is 0 Å². The van der Waals surface area contributed by atoms with Crippen LogP contribution in [0.15, 0.2) is 0 Å². The Balaban J connectivity index is 2.38. The van der Waals surface area contributed by atoms with E-state index in [-0.39, 0.29) is 56.8 Å². The van der Waals surface area contributed by atoms with Gasteiger partial charge in [-0.3, -0.25) is 19.3 Å². The van der Waals surface area contributed by atoms with Gasteiger partial charge in [-0.05, 0) is 96.6 Å². The van der Waals surface area contributed by atoms with Crippen LogP contribution in [0.25, 0.3) is 0 Å². The van der Waals surface area contributed by atoms with Crippen LogP contribution in [0, 0.1) is 0 Å². The van der Waals surface area contributed by atoms with Gasteiger partial charge >= 0.3 is 30.0 Å². The number of nitrogens with zero attached hydrogens (tertiary/aromatic N) is 1. The molecule has 404 valence electrons. The Morgan fingerprint density at radius 3 is 1.20 bits per heavy atom. The van der Waals surface area contributed by atoms with Crippen LogP contribution < -0.4 is 0 Å². The lowest BCUT2D eigenvalue weighted by atomic mass is 10.0. The lowest BCUT2D eigenvalue weighted by Crippen LogP contribution is -2.39. The Labute approximate surface area is 421 Å². The Hall–Kier alpha value is -2.89. The van der Waals surface area contributed by atoms with Crippen LogP contribution in [0.5, 0.6) is 0 Å². The van der Waals surface area contributed by atoms with E-state index in [4.69, 9.17) is 28.4 Å². The van der Waals surface area contributed by atoms with Crippen molar-refractivity contribution >= 4 is 30.0 Å². The number of esters is 4. The van der Waals surface area contributed by atoms with Crippen molar-refractivity contribution in [2.45, 2.75) is 296 Å². The van der Waals surface area contributed by atoms with E-state index in [0.717, 1.165) is 122 Å². The van der Waals surface area contributed by atoms with Gasteiger partial charge in [0, 0.05) is 32.2 Å². The monoisotopic (exact) mass is 980 g/mol. The molecule has 0 radical (unpaired) electrons. The number of ether oxygens (including phenoxy) is 6. The number of unbranched alkanes of at least 4 members (excludes halogenated alkanes) is 24. The second-order valence-electron chi connectivity index (χ2n) is 19.9. The minimum atomic E-state index is -1.28. The molecular weight excluding hydrogens is 875 g/mol. The number of hydrogen-bond acceptors (Lipinski definition) is 12. The van der Waals surface area contributed by atoms with Crippen molar-refractivity contribution in [2.75, 3.05) is 39.5 Å². The van der Waals surface area contributed by atoms with E-state index < -0.39 is 24.2 Å². The molecule has 12 nitrogen and oxygen atoms in total. The van der Waals surface area contributed by atoms with E-state index in [0.29, 0.717) is 32.2 Å². The molecule has 0 aromatic carbocycles. The summed E-state index contributed by atoms with van der Waals surface area (Å²) in [5, 5.41) is 0. The van der Waals surface area contributed by atoms with E-state index in [2.05, 4.69) is 32.6 Å². The Morgan fingerprint density at radius 2 is 0.768 bits per heavy atom. The van der Waals surface area contributed by atoms with Gasteiger partial charge in [0.1, 0.15) is 18.8 Å². The number of carbonyl (C=O) groups is 5. The van der Waals surface area contributed by atoms with E-state index in [1.54, 1.807) is 0 Å².